The topological polar surface area (TPSA) is 69.0 Å². The van der Waals surface area contributed by atoms with Crippen molar-refractivity contribution in [3.8, 4) is 6.07 Å². The Balaban J connectivity index is 2.07. The van der Waals surface area contributed by atoms with Crippen LogP contribution >= 0.6 is 0 Å². The number of benzene rings is 1. The fraction of sp³-hybridized carbons (Fsp3) is 0.278. The Morgan fingerprint density at radius 1 is 1.26 bits per heavy atom. The van der Waals surface area contributed by atoms with Crippen molar-refractivity contribution in [3.63, 3.8) is 0 Å². The molecule has 0 bridgehead atoms. The van der Waals surface area contributed by atoms with Crippen LogP contribution in [0.1, 0.15) is 32.7 Å². The minimum Gasteiger partial charge on any atom is -0.366 e. The second-order valence-electron chi connectivity index (χ2n) is 5.65. The van der Waals surface area contributed by atoms with Crippen LogP contribution in [0.5, 0.6) is 0 Å². The molecular formula is C18H20N4O. The lowest BCUT2D eigenvalue weighted by Crippen LogP contribution is -2.21. The number of rotatable bonds is 4. The SMILES string of the molecule is Cc1cc(NCc2ccc(C(=O)N(C)C)cc2)nc(C)c1C#N. The van der Waals surface area contributed by atoms with Gasteiger partial charge in [-0.25, -0.2) is 4.98 Å². The molecule has 1 aromatic heterocycles. The van der Waals surface area contributed by atoms with Crippen LogP contribution in [0.3, 0.4) is 0 Å². The zero-order valence-corrected chi connectivity index (χ0v) is 13.8. The van der Waals surface area contributed by atoms with Crippen LogP contribution < -0.4 is 5.32 Å². The molecule has 0 atom stereocenters. The molecule has 23 heavy (non-hydrogen) atoms. The summed E-state index contributed by atoms with van der Waals surface area (Å²) in [5.41, 5.74) is 3.99. The second-order valence-corrected chi connectivity index (χ2v) is 5.65. The summed E-state index contributed by atoms with van der Waals surface area (Å²) in [5, 5.41) is 12.3. The fourth-order valence-electron chi connectivity index (χ4n) is 2.31. The normalized spacial score (nSPS) is 10.0. The number of hydrogen-bond donors (Lipinski definition) is 1. The molecule has 2 rings (SSSR count). The number of anilines is 1. The van der Waals surface area contributed by atoms with Gasteiger partial charge < -0.3 is 10.2 Å². The highest BCUT2D eigenvalue weighted by Crippen LogP contribution is 2.16. The van der Waals surface area contributed by atoms with Gasteiger partial charge in [-0.05, 0) is 43.2 Å². The average molecular weight is 308 g/mol. The largest absolute Gasteiger partial charge is 0.366 e. The van der Waals surface area contributed by atoms with Gasteiger partial charge in [-0.3, -0.25) is 4.79 Å². The summed E-state index contributed by atoms with van der Waals surface area (Å²) >= 11 is 0. The van der Waals surface area contributed by atoms with E-state index in [2.05, 4.69) is 16.4 Å². The second kappa shape index (κ2) is 6.93. The van der Waals surface area contributed by atoms with Gasteiger partial charge in [0.05, 0.1) is 11.3 Å². The molecule has 0 aliphatic heterocycles. The van der Waals surface area contributed by atoms with E-state index in [1.165, 1.54) is 0 Å². The Labute approximate surface area is 136 Å². The number of aryl methyl sites for hydroxylation is 2. The zero-order valence-electron chi connectivity index (χ0n) is 13.8. The van der Waals surface area contributed by atoms with Crippen LogP contribution in [0.4, 0.5) is 5.82 Å². The number of carbonyl (C=O) groups is 1. The third-order valence-corrected chi connectivity index (χ3v) is 3.59. The number of nitriles is 1. The summed E-state index contributed by atoms with van der Waals surface area (Å²) in [4.78, 5) is 17.8. The van der Waals surface area contributed by atoms with Gasteiger partial charge in [-0.2, -0.15) is 5.26 Å². The molecule has 1 heterocycles. The number of aromatic nitrogens is 1. The lowest BCUT2D eigenvalue weighted by Gasteiger charge is -2.11. The van der Waals surface area contributed by atoms with E-state index >= 15 is 0 Å². The number of pyridine rings is 1. The zero-order chi connectivity index (χ0) is 17.0. The molecule has 0 unspecified atom stereocenters. The summed E-state index contributed by atoms with van der Waals surface area (Å²) in [7, 11) is 3.47. The smallest absolute Gasteiger partial charge is 0.253 e. The lowest BCUT2D eigenvalue weighted by atomic mass is 10.1. The minimum atomic E-state index is -0.00971. The fourth-order valence-corrected chi connectivity index (χ4v) is 2.31. The van der Waals surface area contributed by atoms with Crippen LogP contribution in [0, 0.1) is 25.2 Å². The highest BCUT2D eigenvalue weighted by Gasteiger charge is 2.08. The summed E-state index contributed by atoms with van der Waals surface area (Å²) in [5.74, 6) is 0.733. The van der Waals surface area contributed by atoms with E-state index in [4.69, 9.17) is 5.26 Å². The molecule has 5 heteroatoms. The van der Waals surface area contributed by atoms with Crippen molar-refractivity contribution in [1.82, 2.24) is 9.88 Å². The van der Waals surface area contributed by atoms with Crippen molar-refractivity contribution in [2.24, 2.45) is 0 Å². The Kier molecular flexibility index (Phi) is 4.97. The van der Waals surface area contributed by atoms with Crippen molar-refractivity contribution in [3.05, 3.63) is 58.3 Å². The highest BCUT2D eigenvalue weighted by atomic mass is 16.2. The van der Waals surface area contributed by atoms with E-state index < -0.39 is 0 Å². The standard InChI is InChI=1S/C18H20N4O/c1-12-9-17(21-13(2)16(12)10-19)20-11-14-5-7-15(8-6-14)18(23)22(3)4/h5-9H,11H2,1-4H3,(H,20,21). The molecule has 1 amide bonds. The number of hydrogen-bond acceptors (Lipinski definition) is 4. The molecular weight excluding hydrogens is 288 g/mol. The van der Waals surface area contributed by atoms with Gasteiger partial charge >= 0.3 is 0 Å². The molecule has 1 aromatic carbocycles. The molecule has 0 aliphatic rings. The number of amides is 1. The van der Waals surface area contributed by atoms with Crippen LogP contribution in [-0.4, -0.2) is 29.9 Å². The van der Waals surface area contributed by atoms with Gasteiger partial charge in [0.1, 0.15) is 11.9 Å². The van der Waals surface area contributed by atoms with E-state index in [1.54, 1.807) is 19.0 Å². The van der Waals surface area contributed by atoms with E-state index in [0.29, 0.717) is 17.7 Å². The molecule has 118 valence electrons. The van der Waals surface area contributed by atoms with Gasteiger partial charge in [0, 0.05) is 26.2 Å². The Hall–Kier alpha value is -2.87. The van der Waals surface area contributed by atoms with Crippen LogP contribution in [0.2, 0.25) is 0 Å². The molecule has 0 saturated carbocycles. The molecule has 0 aliphatic carbocycles. The Bertz CT molecular complexity index is 735. The van der Waals surface area contributed by atoms with Crippen LogP contribution in [0.25, 0.3) is 0 Å². The van der Waals surface area contributed by atoms with Gasteiger partial charge in [0.15, 0.2) is 0 Å². The maximum Gasteiger partial charge on any atom is 0.253 e. The van der Waals surface area contributed by atoms with Crippen molar-refractivity contribution < 1.29 is 4.79 Å². The molecule has 0 saturated heterocycles. The Morgan fingerprint density at radius 2 is 1.91 bits per heavy atom. The summed E-state index contributed by atoms with van der Waals surface area (Å²) in [6, 6.07) is 11.5. The lowest BCUT2D eigenvalue weighted by molar-refractivity contribution is 0.0827. The van der Waals surface area contributed by atoms with Crippen molar-refractivity contribution in [2.45, 2.75) is 20.4 Å². The predicted octanol–water partition coefficient (Wildman–Crippen LogP) is 2.88. The molecule has 2 aromatic rings. The maximum atomic E-state index is 11.8. The van der Waals surface area contributed by atoms with Crippen molar-refractivity contribution in [2.75, 3.05) is 19.4 Å². The maximum absolute atomic E-state index is 11.8. The van der Waals surface area contributed by atoms with Crippen molar-refractivity contribution in [1.29, 1.82) is 5.26 Å². The van der Waals surface area contributed by atoms with Crippen LogP contribution in [0.15, 0.2) is 30.3 Å². The third kappa shape index (κ3) is 3.86. The summed E-state index contributed by atoms with van der Waals surface area (Å²) in [6.45, 7) is 4.34. The van der Waals surface area contributed by atoms with Gasteiger partial charge in [0.25, 0.3) is 5.91 Å². The summed E-state index contributed by atoms with van der Waals surface area (Å²) in [6.07, 6.45) is 0. The number of carbonyl (C=O) groups excluding carboxylic acids is 1. The van der Waals surface area contributed by atoms with Gasteiger partial charge in [-0.15, -0.1) is 0 Å². The predicted molar refractivity (Wildman–Crippen MR) is 90.2 cm³/mol. The first kappa shape index (κ1) is 16.5. The monoisotopic (exact) mass is 308 g/mol. The average Bonchev–Trinajstić information content (AvgIpc) is 2.52. The first-order chi connectivity index (χ1) is 10.9. The quantitative estimate of drug-likeness (QED) is 0.943. The van der Waals surface area contributed by atoms with E-state index in [0.717, 1.165) is 22.6 Å². The first-order valence-corrected chi connectivity index (χ1v) is 7.35. The van der Waals surface area contributed by atoms with Gasteiger partial charge in [0.2, 0.25) is 0 Å². The van der Waals surface area contributed by atoms with E-state index in [-0.39, 0.29) is 5.91 Å². The van der Waals surface area contributed by atoms with E-state index in [9.17, 15) is 4.79 Å². The number of nitrogens with one attached hydrogen (secondary N) is 1. The summed E-state index contributed by atoms with van der Waals surface area (Å²) < 4.78 is 0. The van der Waals surface area contributed by atoms with Crippen LogP contribution in [-0.2, 0) is 6.54 Å². The first-order valence-electron chi connectivity index (χ1n) is 7.35. The third-order valence-electron chi connectivity index (χ3n) is 3.59. The minimum absolute atomic E-state index is 0.00971. The molecule has 0 radical (unpaired) electrons. The highest BCUT2D eigenvalue weighted by molar-refractivity contribution is 5.93. The Morgan fingerprint density at radius 3 is 2.43 bits per heavy atom. The number of nitrogens with zero attached hydrogens (tertiary/aromatic N) is 3. The van der Waals surface area contributed by atoms with E-state index in [1.807, 2.05) is 44.2 Å². The molecule has 0 fully saturated rings. The van der Waals surface area contributed by atoms with Crippen molar-refractivity contribution >= 4 is 11.7 Å². The molecule has 1 N–H and O–H groups in total. The molecule has 5 nitrogen and oxygen atoms in total. The molecule has 0 spiro atoms. The van der Waals surface area contributed by atoms with Gasteiger partial charge in [-0.1, -0.05) is 12.1 Å².